The molecule has 1 aromatic carbocycles. The number of ether oxygens (including phenoxy) is 1. The Hall–Kier alpha value is -2.30. The van der Waals surface area contributed by atoms with Gasteiger partial charge in [0.1, 0.15) is 5.58 Å². The van der Waals surface area contributed by atoms with E-state index in [0.717, 1.165) is 30.2 Å². The highest BCUT2D eigenvalue weighted by molar-refractivity contribution is 5.97. The van der Waals surface area contributed by atoms with Crippen molar-refractivity contribution in [1.82, 2.24) is 5.32 Å². The average molecular weight is 343 g/mol. The smallest absolute Gasteiger partial charge is 0.375 e. The van der Waals surface area contributed by atoms with Crippen LogP contribution < -0.4 is 5.32 Å². The van der Waals surface area contributed by atoms with Gasteiger partial charge in [0.2, 0.25) is 5.76 Å². The van der Waals surface area contributed by atoms with Crippen molar-refractivity contribution in [2.24, 2.45) is 5.92 Å². The molecule has 0 aliphatic heterocycles. The molecule has 3 rings (SSSR count). The fourth-order valence-corrected chi connectivity index (χ4v) is 3.47. The summed E-state index contributed by atoms with van der Waals surface area (Å²) in [6.07, 6.45) is 3.59. The summed E-state index contributed by atoms with van der Waals surface area (Å²) >= 11 is 0. The van der Waals surface area contributed by atoms with E-state index < -0.39 is 12.1 Å². The zero-order valence-corrected chi connectivity index (χ0v) is 15.0. The van der Waals surface area contributed by atoms with E-state index in [2.05, 4.69) is 12.2 Å². The lowest BCUT2D eigenvalue weighted by Crippen LogP contribution is -2.46. The predicted molar refractivity (Wildman–Crippen MR) is 95.4 cm³/mol. The third-order valence-corrected chi connectivity index (χ3v) is 5.12. The van der Waals surface area contributed by atoms with Crippen molar-refractivity contribution in [3.63, 3.8) is 0 Å². The first kappa shape index (κ1) is 17.5. The SMILES string of the molecule is Cc1c(C(=O)O[C@@H](C)C(=O)N[C@@H]2CCCC[C@@H]2C)oc2ccccc12. The summed E-state index contributed by atoms with van der Waals surface area (Å²) in [5, 5.41) is 3.90. The molecule has 1 heterocycles. The van der Waals surface area contributed by atoms with Gasteiger partial charge in [-0.2, -0.15) is 0 Å². The fourth-order valence-electron chi connectivity index (χ4n) is 3.47. The third kappa shape index (κ3) is 3.70. The molecule has 1 saturated carbocycles. The molecule has 1 aliphatic rings. The number of benzene rings is 1. The second-order valence-electron chi connectivity index (χ2n) is 6.98. The van der Waals surface area contributed by atoms with Crippen LogP contribution in [-0.4, -0.2) is 24.0 Å². The first-order valence-electron chi connectivity index (χ1n) is 8.97. The number of aryl methyl sites for hydroxylation is 1. The summed E-state index contributed by atoms with van der Waals surface area (Å²) in [6.45, 7) is 5.56. The first-order chi connectivity index (χ1) is 12.0. The number of amides is 1. The summed E-state index contributed by atoms with van der Waals surface area (Å²) < 4.78 is 10.9. The van der Waals surface area contributed by atoms with Crippen molar-refractivity contribution in [3.8, 4) is 0 Å². The largest absolute Gasteiger partial charge is 0.449 e. The minimum atomic E-state index is -0.853. The van der Waals surface area contributed by atoms with E-state index in [1.54, 1.807) is 13.0 Å². The third-order valence-electron chi connectivity index (χ3n) is 5.12. The van der Waals surface area contributed by atoms with Crippen LogP contribution in [0.4, 0.5) is 0 Å². The van der Waals surface area contributed by atoms with Crippen molar-refractivity contribution >= 4 is 22.8 Å². The Morgan fingerprint density at radius 3 is 2.68 bits per heavy atom. The van der Waals surface area contributed by atoms with Crippen molar-refractivity contribution in [2.75, 3.05) is 0 Å². The fraction of sp³-hybridized carbons (Fsp3) is 0.500. The van der Waals surface area contributed by atoms with Crippen LogP contribution in [-0.2, 0) is 9.53 Å². The van der Waals surface area contributed by atoms with E-state index in [4.69, 9.17) is 9.15 Å². The number of furan rings is 1. The molecular weight excluding hydrogens is 318 g/mol. The predicted octanol–water partition coefficient (Wildman–Crippen LogP) is 3.98. The van der Waals surface area contributed by atoms with Crippen molar-refractivity contribution in [1.29, 1.82) is 0 Å². The molecule has 0 spiro atoms. The Morgan fingerprint density at radius 1 is 1.24 bits per heavy atom. The van der Waals surface area contributed by atoms with Gasteiger partial charge in [0.15, 0.2) is 6.10 Å². The van der Waals surface area contributed by atoms with Gasteiger partial charge in [-0.3, -0.25) is 4.79 Å². The van der Waals surface area contributed by atoms with Crippen LogP contribution in [0, 0.1) is 12.8 Å². The Balaban J connectivity index is 1.65. The molecule has 0 bridgehead atoms. The molecule has 1 aliphatic carbocycles. The molecule has 1 aromatic heterocycles. The monoisotopic (exact) mass is 343 g/mol. The van der Waals surface area contributed by atoms with Gasteiger partial charge in [-0.25, -0.2) is 4.79 Å². The summed E-state index contributed by atoms with van der Waals surface area (Å²) in [7, 11) is 0. The van der Waals surface area contributed by atoms with Crippen molar-refractivity contribution in [2.45, 2.75) is 58.6 Å². The van der Waals surface area contributed by atoms with E-state index in [1.807, 2.05) is 25.1 Å². The van der Waals surface area contributed by atoms with E-state index in [9.17, 15) is 9.59 Å². The van der Waals surface area contributed by atoms with Crippen LogP contribution >= 0.6 is 0 Å². The highest BCUT2D eigenvalue weighted by Crippen LogP contribution is 2.26. The van der Waals surface area contributed by atoms with Gasteiger partial charge in [-0.05, 0) is 38.7 Å². The minimum Gasteiger partial charge on any atom is -0.449 e. The van der Waals surface area contributed by atoms with Crippen LogP contribution in [0.3, 0.4) is 0 Å². The normalized spacial score (nSPS) is 21.7. The standard InChI is InChI=1S/C20H25NO4/c1-12-8-4-6-10-16(12)21-19(22)14(3)24-20(23)18-13(2)15-9-5-7-11-17(15)25-18/h5,7,9,11-12,14,16H,4,6,8,10H2,1-3H3,(H,21,22)/t12-,14-,16+/m0/s1. The molecule has 0 saturated heterocycles. The van der Waals surface area contributed by atoms with Gasteiger partial charge >= 0.3 is 5.97 Å². The lowest BCUT2D eigenvalue weighted by atomic mass is 9.86. The molecule has 3 atom stereocenters. The maximum absolute atomic E-state index is 12.4. The van der Waals surface area contributed by atoms with Gasteiger partial charge < -0.3 is 14.5 Å². The highest BCUT2D eigenvalue weighted by Gasteiger charge is 2.28. The molecule has 1 amide bonds. The molecule has 5 heteroatoms. The summed E-state index contributed by atoms with van der Waals surface area (Å²) in [4.78, 5) is 24.8. The number of fused-ring (bicyclic) bond motifs is 1. The average Bonchev–Trinajstić information content (AvgIpc) is 2.94. The highest BCUT2D eigenvalue weighted by atomic mass is 16.6. The number of hydrogen-bond donors (Lipinski definition) is 1. The quantitative estimate of drug-likeness (QED) is 0.853. The molecule has 2 aromatic rings. The Kier molecular flexibility index (Phi) is 5.11. The number of nitrogens with one attached hydrogen (secondary N) is 1. The van der Waals surface area contributed by atoms with Crippen molar-refractivity contribution < 1.29 is 18.7 Å². The summed E-state index contributed by atoms with van der Waals surface area (Å²) in [5.74, 6) is -0.237. The van der Waals surface area contributed by atoms with Crippen LogP contribution in [0.2, 0.25) is 0 Å². The maximum Gasteiger partial charge on any atom is 0.375 e. The van der Waals surface area contributed by atoms with E-state index in [1.165, 1.54) is 6.42 Å². The zero-order chi connectivity index (χ0) is 18.0. The first-order valence-corrected chi connectivity index (χ1v) is 8.97. The molecule has 1 N–H and O–H groups in total. The summed E-state index contributed by atoms with van der Waals surface area (Å²) in [5.41, 5.74) is 1.37. The molecule has 25 heavy (non-hydrogen) atoms. The molecule has 5 nitrogen and oxygen atoms in total. The van der Waals surface area contributed by atoms with E-state index in [-0.39, 0.29) is 17.7 Å². The van der Waals surface area contributed by atoms with E-state index in [0.29, 0.717) is 11.5 Å². The second kappa shape index (κ2) is 7.30. The van der Waals surface area contributed by atoms with Gasteiger partial charge in [0, 0.05) is 17.0 Å². The lowest BCUT2D eigenvalue weighted by molar-refractivity contribution is -0.130. The molecule has 0 unspecified atom stereocenters. The molecule has 134 valence electrons. The van der Waals surface area contributed by atoms with Gasteiger partial charge in [-0.1, -0.05) is 38.0 Å². The number of esters is 1. The van der Waals surface area contributed by atoms with Crippen LogP contribution in [0.5, 0.6) is 0 Å². The number of carbonyl (C=O) groups is 2. The number of carbonyl (C=O) groups excluding carboxylic acids is 2. The van der Waals surface area contributed by atoms with E-state index >= 15 is 0 Å². The summed E-state index contributed by atoms with van der Waals surface area (Å²) in [6, 6.07) is 7.60. The van der Waals surface area contributed by atoms with Gasteiger partial charge in [0.25, 0.3) is 5.91 Å². The second-order valence-corrected chi connectivity index (χ2v) is 6.98. The topological polar surface area (TPSA) is 68.5 Å². The van der Waals surface area contributed by atoms with Crippen LogP contribution in [0.1, 0.15) is 55.6 Å². The zero-order valence-electron chi connectivity index (χ0n) is 15.0. The van der Waals surface area contributed by atoms with Crippen LogP contribution in [0.15, 0.2) is 28.7 Å². The van der Waals surface area contributed by atoms with Crippen molar-refractivity contribution in [3.05, 3.63) is 35.6 Å². The Labute approximate surface area is 147 Å². The molecular formula is C20H25NO4. The van der Waals surface area contributed by atoms with Gasteiger partial charge in [-0.15, -0.1) is 0 Å². The molecule has 1 fully saturated rings. The Bertz CT molecular complexity index is 779. The number of rotatable bonds is 4. The minimum absolute atomic E-state index is 0.159. The maximum atomic E-state index is 12.4. The van der Waals surface area contributed by atoms with Crippen LogP contribution in [0.25, 0.3) is 11.0 Å². The number of para-hydroxylation sites is 1. The van der Waals surface area contributed by atoms with Gasteiger partial charge in [0.05, 0.1) is 0 Å². The lowest BCUT2D eigenvalue weighted by Gasteiger charge is -2.30. The Morgan fingerprint density at radius 2 is 1.96 bits per heavy atom. The molecule has 0 radical (unpaired) electrons. The number of hydrogen-bond acceptors (Lipinski definition) is 4.